The molecule has 0 unspecified atom stereocenters. The van der Waals surface area contributed by atoms with Crippen molar-refractivity contribution >= 4 is 48.8 Å². The zero-order valence-electron chi connectivity index (χ0n) is 14.5. The number of nitrogens with zero attached hydrogens (tertiary/aromatic N) is 5. The van der Waals surface area contributed by atoms with Gasteiger partial charge in [-0.15, -0.1) is 6.42 Å². The van der Waals surface area contributed by atoms with Gasteiger partial charge in [0, 0.05) is 17.3 Å². The molecule has 0 radical (unpaired) electrons. The molecule has 9 heteroatoms. The number of rotatable bonds is 3. The standard InChI is InChI=1S/C20H9BrN6OS/c1-2-11-5-3-4-6-13(11)14-7-12(8-22)23-9-15(14)18(28)27-20-26-17-19(29-20)25-16(21)10-24-17/h1,3-7,9-10H,(H,24,26,27,28). The van der Waals surface area contributed by atoms with Crippen LogP contribution in [0.1, 0.15) is 21.6 Å². The van der Waals surface area contributed by atoms with E-state index in [1.54, 1.807) is 18.2 Å². The molecule has 1 aromatic carbocycles. The molecule has 0 aliphatic carbocycles. The maximum absolute atomic E-state index is 13.0. The Balaban J connectivity index is 1.76. The van der Waals surface area contributed by atoms with Crippen LogP contribution < -0.4 is 5.32 Å². The van der Waals surface area contributed by atoms with Crippen LogP contribution in [0.15, 0.2) is 47.3 Å². The fourth-order valence-corrected chi connectivity index (χ4v) is 3.87. The average Bonchev–Trinajstić information content (AvgIpc) is 3.14. The highest BCUT2D eigenvalue weighted by molar-refractivity contribution is 9.10. The van der Waals surface area contributed by atoms with Crippen molar-refractivity contribution in [1.29, 1.82) is 5.26 Å². The lowest BCUT2D eigenvalue weighted by Gasteiger charge is -2.11. The van der Waals surface area contributed by atoms with Crippen LogP contribution in [0.25, 0.3) is 21.6 Å². The molecule has 0 fully saturated rings. The van der Waals surface area contributed by atoms with Crippen LogP contribution in [-0.4, -0.2) is 25.8 Å². The summed E-state index contributed by atoms with van der Waals surface area (Å²) in [6.07, 6.45) is 8.50. The monoisotopic (exact) mass is 460 g/mol. The summed E-state index contributed by atoms with van der Waals surface area (Å²) in [7, 11) is 0. The topological polar surface area (TPSA) is 104 Å². The number of nitrogens with one attached hydrogen (secondary N) is 1. The van der Waals surface area contributed by atoms with Gasteiger partial charge in [-0.1, -0.05) is 35.5 Å². The zero-order chi connectivity index (χ0) is 20.4. The fourth-order valence-electron chi connectivity index (χ4n) is 2.68. The smallest absolute Gasteiger partial charge is 0.259 e. The maximum Gasteiger partial charge on any atom is 0.259 e. The van der Waals surface area contributed by atoms with E-state index >= 15 is 0 Å². The first kappa shape index (κ1) is 18.7. The number of benzene rings is 1. The number of hydrogen-bond acceptors (Lipinski definition) is 7. The van der Waals surface area contributed by atoms with E-state index in [0.29, 0.717) is 36.9 Å². The predicted molar refractivity (Wildman–Crippen MR) is 113 cm³/mol. The van der Waals surface area contributed by atoms with Crippen molar-refractivity contribution in [2.45, 2.75) is 0 Å². The molecule has 0 aliphatic rings. The molecule has 0 bridgehead atoms. The third-order valence-corrected chi connectivity index (χ3v) is 5.19. The maximum atomic E-state index is 13.0. The van der Waals surface area contributed by atoms with Crippen molar-refractivity contribution in [3.63, 3.8) is 0 Å². The number of carbonyl (C=O) groups excluding carboxylic acids is 1. The summed E-state index contributed by atoms with van der Waals surface area (Å²) in [4.78, 5) is 30.3. The lowest BCUT2D eigenvalue weighted by Crippen LogP contribution is -2.14. The number of anilines is 1. The fraction of sp³-hybridized carbons (Fsp3) is 0. The largest absolute Gasteiger partial charge is 0.298 e. The minimum atomic E-state index is -0.429. The Bertz CT molecular complexity index is 1350. The van der Waals surface area contributed by atoms with Crippen LogP contribution in [0, 0.1) is 23.7 Å². The lowest BCUT2D eigenvalue weighted by atomic mass is 9.96. The van der Waals surface area contributed by atoms with E-state index in [4.69, 9.17) is 6.42 Å². The van der Waals surface area contributed by atoms with Gasteiger partial charge in [-0.2, -0.15) is 10.2 Å². The summed E-state index contributed by atoms with van der Waals surface area (Å²) < 4.78 is 0.580. The van der Waals surface area contributed by atoms with Gasteiger partial charge in [0.25, 0.3) is 5.91 Å². The Kier molecular flexibility index (Phi) is 5.00. The van der Waals surface area contributed by atoms with Crippen LogP contribution in [-0.2, 0) is 0 Å². The quantitative estimate of drug-likeness (QED) is 0.463. The number of thiazole rings is 1. The normalized spacial score (nSPS) is 10.3. The van der Waals surface area contributed by atoms with Crippen LogP contribution in [0.5, 0.6) is 0 Å². The van der Waals surface area contributed by atoms with Gasteiger partial charge in [-0.3, -0.25) is 10.1 Å². The average molecular weight is 461 g/mol. The highest BCUT2D eigenvalue weighted by Crippen LogP contribution is 2.29. The molecule has 4 rings (SSSR count). The summed E-state index contributed by atoms with van der Waals surface area (Å²) in [5.74, 6) is 2.18. The minimum Gasteiger partial charge on any atom is -0.298 e. The molecule has 7 nitrogen and oxygen atoms in total. The minimum absolute atomic E-state index is 0.182. The third-order valence-electron chi connectivity index (χ3n) is 3.95. The summed E-state index contributed by atoms with van der Waals surface area (Å²) in [6, 6.07) is 10.7. The zero-order valence-corrected chi connectivity index (χ0v) is 17.0. The van der Waals surface area contributed by atoms with Crippen molar-refractivity contribution in [3.8, 4) is 29.5 Å². The van der Waals surface area contributed by atoms with Gasteiger partial charge in [0.05, 0.1) is 11.8 Å². The van der Waals surface area contributed by atoms with E-state index in [9.17, 15) is 10.1 Å². The predicted octanol–water partition coefficient (Wildman–Crippen LogP) is 4.02. The first-order chi connectivity index (χ1) is 14.1. The molecule has 138 valence electrons. The number of amides is 1. The lowest BCUT2D eigenvalue weighted by molar-refractivity contribution is 0.102. The highest BCUT2D eigenvalue weighted by atomic mass is 79.9. The van der Waals surface area contributed by atoms with Gasteiger partial charge >= 0.3 is 0 Å². The van der Waals surface area contributed by atoms with E-state index in [1.807, 2.05) is 18.2 Å². The van der Waals surface area contributed by atoms with E-state index < -0.39 is 5.91 Å². The summed E-state index contributed by atoms with van der Waals surface area (Å²) in [5, 5.41) is 12.3. The van der Waals surface area contributed by atoms with Gasteiger partial charge in [-0.25, -0.2) is 15.0 Å². The van der Waals surface area contributed by atoms with Gasteiger partial charge < -0.3 is 0 Å². The van der Waals surface area contributed by atoms with Gasteiger partial charge in [0.1, 0.15) is 16.4 Å². The summed E-state index contributed by atoms with van der Waals surface area (Å²) in [5.41, 5.74) is 2.67. The van der Waals surface area contributed by atoms with Crippen LogP contribution in [0.2, 0.25) is 0 Å². The molecule has 0 spiro atoms. The number of nitriles is 1. The van der Waals surface area contributed by atoms with Crippen molar-refractivity contribution in [1.82, 2.24) is 19.9 Å². The molecule has 0 saturated carbocycles. The molecular formula is C20H9BrN6OS. The van der Waals surface area contributed by atoms with Crippen molar-refractivity contribution in [2.75, 3.05) is 5.32 Å². The summed E-state index contributed by atoms with van der Waals surface area (Å²) >= 11 is 4.46. The Labute approximate surface area is 177 Å². The Morgan fingerprint density at radius 1 is 1.17 bits per heavy atom. The van der Waals surface area contributed by atoms with Crippen molar-refractivity contribution < 1.29 is 4.79 Å². The number of hydrogen-bond donors (Lipinski definition) is 1. The molecule has 4 aromatic rings. The third kappa shape index (κ3) is 3.69. The summed E-state index contributed by atoms with van der Waals surface area (Å²) in [6.45, 7) is 0. The first-order valence-corrected chi connectivity index (χ1v) is 9.76. The Morgan fingerprint density at radius 3 is 2.79 bits per heavy atom. The number of aromatic nitrogens is 4. The number of halogens is 1. The SMILES string of the molecule is C#Cc1ccccc1-c1cc(C#N)ncc1C(=O)Nc1nc2ncc(Br)nc2s1. The molecular weight excluding hydrogens is 452 g/mol. The first-order valence-electron chi connectivity index (χ1n) is 8.15. The van der Waals surface area contributed by atoms with Crippen molar-refractivity contribution in [2.24, 2.45) is 0 Å². The van der Waals surface area contributed by atoms with Crippen LogP contribution in [0.3, 0.4) is 0 Å². The molecule has 1 amide bonds. The second kappa shape index (κ2) is 7.76. The van der Waals surface area contributed by atoms with Gasteiger partial charge in [0.2, 0.25) is 0 Å². The van der Waals surface area contributed by atoms with E-state index in [1.165, 1.54) is 23.7 Å². The van der Waals surface area contributed by atoms with E-state index in [2.05, 4.69) is 47.1 Å². The highest BCUT2D eigenvalue weighted by Gasteiger charge is 2.18. The molecule has 3 heterocycles. The number of terminal acetylenes is 1. The molecule has 3 aromatic heterocycles. The Hall–Kier alpha value is -3.66. The number of pyridine rings is 1. The number of carbonyl (C=O) groups is 1. The number of fused-ring (bicyclic) bond motifs is 1. The van der Waals surface area contributed by atoms with Crippen molar-refractivity contribution in [3.05, 3.63) is 64.1 Å². The molecule has 0 saturated heterocycles. The second-order valence-electron chi connectivity index (χ2n) is 5.71. The molecule has 29 heavy (non-hydrogen) atoms. The molecule has 1 N–H and O–H groups in total. The second-order valence-corrected chi connectivity index (χ2v) is 7.50. The molecule has 0 aliphatic heterocycles. The van der Waals surface area contributed by atoms with E-state index in [0.717, 1.165) is 0 Å². The van der Waals surface area contributed by atoms with Crippen LogP contribution >= 0.6 is 27.3 Å². The Morgan fingerprint density at radius 2 is 2.00 bits per heavy atom. The van der Waals surface area contributed by atoms with Gasteiger partial charge in [-0.05, 0) is 33.6 Å². The van der Waals surface area contributed by atoms with Gasteiger partial charge in [0.15, 0.2) is 15.6 Å². The molecule has 0 atom stereocenters. The van der Waals surface area contributed by atoms with Crippen LogP contribution in [0.4, 0.5) is 5.13 Å². The van der Waals surface area contributed by atoms with E-state index in [-0.39, 0.29) is 11.3 Å².